The molecule has 0 atom stereocenters. The Morgan fingerprint density at radius 2 is 1.70 bits per heavy atom. The van der Waals surface area contributed by atoms with Gasteiger partial charge in [0.05, 0.1) is 5.56 Å². The molecule has 2 aromatic rings. The predicted octanol–water partition coefficient (Wildman–Crippen LogP) is 3.02. The van der Waals surface area contributed by atoms with Crippen LogP contribution in [0.2, 0.25) is 0 Å². The van der Waals surface area contributed by atoms with Gasteiger partial charge in [0.1, 0.15) is 5.75 Å². The van der Waals surface area contributed by atoms with Crippen LogP contribution < -0.4 is 10.1 Å². The maximum atomic E-state index is 12.1. The third kappa shape index (κ3) is 5.88. The lowest BCUT2D eigenvalue weighted by molar-refractivity contribution is -0.123. The summed E-state index contributed by atoms with van der Waals surface area (Å²) in [4.78, 5) is 35.7. The van der Waals surface area contributed by atoms with Crippen molar-refractivity contribution in [1.82, 2.24) is 5.32 Å². The number of esters is 1. The van der Waals surface area contributed by atoms with Gasteiger partial charge in [-0.2, -0.15) is 8.78 Å². The highest BCUT2D eigenvalue weighted by Crippen LogP contribution is 2.15. The Morgan fingerprint density at radius 1 is 1.04 bits per heavy atom. The van der Waals surface area contributed by atoms with Crippen molar-refractivity contribution in [2.45, 2.75) is 20.5 Å². The van der Waals surface area contributed by atoms with Gasteiger partial charge in [-0.3, -0.25) is 14.9 Å². The zero-order valence-corrected chi connectivity index (χ0v) is 14.6. The van der Waals surface area contributed by atoms with E-state index in [0.29, 0.717) is 11.1 Å². The highest BCUT2D eigenvalue weighted by molar-refractivity contribution is 6.05. The van der Waals surface area contributed by atoms with Crippen molar-refractivity contribution in [2.24, 2.45) is 0 Å². The number of hydrogen-bond donors (Lipinski definition) is 1. The fraction of sp³-hybridized carbons (Fsp3) is 0.211. The van der Waals surface area contributed by atoms with Gasteiger partial charge >= 0.3 is 12.6 Å². The van der Waals surface area contributed by atoms with Crippen molar-refractivity contribution in [3.8, 4) is 5.75 Å². The van der Waals surface area contributed by atoms with Crippen molar-refractivity contribution in [2.75, 3.05) is 6.61 Å². The lowest BCUT2D eigenvalue weighted by Crippen LogP contribution is -2.34. The van der Waals surface area contributed by atoms with Crippen LogP contribution in [0, 0.1) is 13.8 Å². The summed E-state index contributed by atoms with van der Waals surface area (Å²) in [5, 5.41) is 2.04. The Hall–Kier alpha value is -3.29. The number of carbonyl (C=O) groups excluding carboxylic acids is 3. The Bertz CT molecular complexity index is 850. The first kappa shape index (κ1) is 20.0. The highest BCUT2D eigenvalue weighted by atomic mass is 19.3. The van der Waals surface area contributed by atoms with Crippen molar-refractivity contribution in [3.05, 3.63) is 64.7 Å². The maximum Gasteiger partial charge on any atom is 0.387 e. The average Bonchev–Trinajstić information content (AvgIpc) is 2.59. The van der Waals surface area contributed by atoms with E-state index < -0.39 is 31.0 Å². The number of aryl methyl sites for hydroxylation is 2. The molecule has 0 aromatic heterocycles. The standard InChI is InChI=1S/C19H17F2NO5/c1-11-3-8-15(12(2)9-11)18(25)26-10-16(23)22-17(24)13-4-6-14(7-5-13)27-19(20)21/h3-9,19H,10H2,1-2H3,(H,22,23,24). The summed E-state index contributed by atoms with van der Waals surface area (Å²) in [5.74, 6) is -2.36. The topological polar surface area (TPSA) is 81.7 Å². The van der Waals surface area contributed by atoms with E-state index in [1.807, 2.05) is 18.3 Å². The summed E-state index contributed by atoms with van der Waals surface area (Å²) in [7, 11) is 0. The lowest BCUT2D eigenvalue weighted by Gasteiger charge is -2.08. The van der Waals surface area contributed by atoms with E-state index in [1.165, 1.54) is 24.3 Å². The molecule has 0 fully saturated rings. The number of amides is 2. The number of carbonyl (C=O) groups is 3. The van der Waals surface area contributed by atoms with E-state index in [4.69, 9.17) is 4.74 Å². The molecule has 0 saturated carbocycles. The van der Waals surface area contributed by atoms with E-state index >= 15 is 0 Å². The molecule has 0 heterocycles. The molecule has 0 saturated heterocycles. The summed E-state index contributed by atoms with van der Waals surface area (Å²) in [6.45, 7) is 0.0185. The van der Waals surface area contributed by atoms with Crippen LogP contribution in [0.1, 0.15) is 31.8 Å². The van der Waals surface area contributed by atoms with Gasteiger partial charge in [0.25, 0.3) is 11.8 Å². The molecule has 142 valence electrons. The Labute approximate surface area is 154 Å². The van der Waals surface area contributed by atoms with Gasteiger partial charge in [0.2, 0.25) is 0 Å². The predicted molar refractivity (Wildman–Crippen MR) is 91.7 cm³/mol. The van der Waals surface area contributed by atoms with E-state index in [0.717, 1.165) is 5.56 Å². The molecule has 1 N–H and O–H groups in total. The minimum absolute atomic E-state index is 0.0608. The van der Waals surface area contributed by atoms with Crippen LogP contribution >= 0.6 is 0 Å². The number of alkyl halides is 2. The first-order valence-electron chi connectivity index (χ1n) is 7.89. The van der Waals surface area contributed by atoms with Crippen molar-refractivity contribution < 1.29 is 32.6 Å². The molecular weight excluding hydrogens is 360 g/mol. The van der Waals surface area contributed by atoms with Gasteiger partial charge in [0, 0.05) is 5.56 Å². The molecule has 0 unspecified atom stereocenters. The first-order chi connectivity index (χ1) is 12.8. The molecule has 0 bridgehead atoms. The quantitative estimate of drug-likeness (QED) is 0.783. The monoisotopic (exact) mass is 377 g/mol. The van der Waals surface area contributed by atoms with Crippen molar-refractivity contribution in [3.63, 3.8) is 0 Å². The van der Waals surface area contributed by atoms with Gasteiger partial charge < -0.3 is 9.47 Å². The van der Waals surface area contributed by atoms with Gasteiger partial charge in [-0.05, 0) is 49.7 Å². The van der Waals surface area contributed by atoms with Crippen LogP contribution in [-0.4, -0.2) is 31.0 Å². The van der Waals surface area contributed by atoms with Crippen LogP contribution in [0.25, 0.3) is 0 Å². The number of rotatable bonds is 6. The molecule has 2 amide bonds. The van der Waals surface area contributed by atoms with Crippen LogP contribution in [0.15, 0.2) is 42.5 Å². The number of benzene rings is 2. The minimum Gasteiger partial charge on any atom is -0.452 e. The summed E-state index contributed by atoms with van der Waals surface area (Å²) >= 11 is 0. The number of nitrogens with one attached hydrogen (secondary N) is 1. The number of halogens is 2. The Kier molecular flexibility index (Phi) is 6.59. The van der Waals surface area contributed by atoms with Crippen LogP contribution in [0.3, 0.4) is 0 Å². The fourth-order valence-corrected chi connectivity index (χ4v) is 2.27. The molecule has 0 aliphatic carbocycles. The van der Waals surface area contributed by atoms with Gasteiger partial charge in [-0.1, -0.05) is 17.7 Å². The second kappa shape index (κ2) is 8.88. The molecule has 2 aromatic carbocycles. The molecule has 0 aliphatic heterocycles. The van der Waals surface area contributed by atoms with E-state index in [9.17, 15) is 23.2 Å². The summed E-state index contributed by atoms with van der Waals surface area (Å²) in [5.41, 5.74) is 2.08. The zero-order valence-electron chi connectivity index (χ0n) is 14.6. The van der Waals surface area contributed by atoms with Gasteiger partial charge in [-0.15, -0.1) is 0 Å². The van der Waals surface area contributed by atoms with E-state index in [2.05, 4.69) is 4.74 Å². The van der Waals surface area contributed by atoms with Gasteiger partial charge in [-0.25, -0.2) is 4.79 Å². The largest absolute Gasteiger partial charge is 0.452 e. The third-order valence-electron chi connectivity index (χ3n) is 3.53. The summed E-state index contributed by atoms with van der Waals surface area (Å²) in [6, 6.07) is 9.94. The van der Waals surface area contributed by atoms with E-state index in [1.54, 1.807) is 19.1 Å². The van der Waals surface area contributed by atoms with Gasteiger partial charge in [0.15, 0.2) is 6.61 Å². The number of imide groups is 1. The molecule has 0 spiro atoms. The molecule has 0 aliphatic rings. The Morgan fingerprint density at radius 3 is 2.30 bits per heavy atom. The highest BCUT2D eigenvalue weighted by Gasteiger charge is 2.15. The molecule has 2 rings (SSSR count). The van der Waals surface area contributed by atoms with E-state index in [-0.39, 0.29) is 11.3 Å². The van der Waals surface area contributed by atoms with Crippen LogP contribution in [0.4, 0.5) is 8.78 Å². The molecule has 6 nitrogen and oxygen atoms in total. The molecular formula is C19H17F2NO5. The smallest absolute Gasteiger partial charge is 0.387 e. The van der Waals surface area contributed by atoms with Crippen LogP contribution in [0.5, 0.6) is 5.75 Å². The third-order valence-corrected chi connectivity index (χ3v) is 3.53. The average molecular weight is 377 g/mol. The molecule has 0 radical (unpaired) electrons. The van der Waals surface area contributed by atoms with Crippen molar-refractivity contribution >= 4 is 17.8 Å². The normalized spacial score (nSPS) is 10.4. The second-order valence-electron chi connectivity index (χ2n) is 5.67. The number of ether oxygens (including phenoxy) is 2. The molecule has 8 heteroatoms. The first-order valence-corrected chi connectivity index (χ1v) is 7.89. The summed E-state index contributed by atoms with van der Waals surface area (Å²) in [6.07, 6.45) is 0. The summed E-state index contributed by atoms with van der Waals surface area (Å²) < 4.78 is 33.2. The number of hydrogen-bond acceptors (Lipinski definition) is 5. The van der Waals surface area contributed by atoms with Crippen molar-refractivity contribution in [1.29, 1.82) is 0 Å². The molecule has 27 heavy (non-hydrogen) atoms. The SMILES string of the molecule is Cc1ccc(C(=O)OCC(=O)NC(=O)c2ccc(OC(F)F)cc2)c(C)c1. The maximum absolute atomic E-state index is 12.1. The second-order valence-corrected chi connectivity index (χ2v) is 5.67. The minimum atomic E-state index is -2.97. The lowest BCUT2D eigenvalue weighted by atomic mass is 10.1. The zero-order chi connectivity index (χ0) is 20.0. The fourth-order valence-electron chi connectivity index (χ4n) is 2.27. The Balaban J connectivity index is 1.87. The van der Waals surface area contributed by atoms with Crippen LogP contribution in [-0.2, 0) is 9.53 Å².